The van der Waals surface area contributed by atoms with Crippen molar-refractivity contribution in [1.82, 2.24) is 0 Å². The van der Waals surface area contributed by atoms with Crippen LogP contribution in [0.25, 0.3) is 0 Å². The fraction of sp³-hybridized carbons (Fsp3) is 0. The Hall–Kier alpha value is 1.23. The maximum absolute atomic E-state index is 5.44. The minimum atomic E-state index is -1.05. The SMILES string of the molecule is [SiH2][SiH2][SiH](Cl)Cl. The Balaban J connectivity index is 2.54. The van der Waals surface area contributed by atoms with Gasteiger partial charge in [0.25, 0.3) is 0 Å². The summed E-state index contributed by atoms with van der Waals surface area (Å²) >= 11 is 10.9. The normalized spacial score (nSPS) is 12.0. The van der Waals surface area contributed by atoms with Gasteiger partial charge in [-0.2, -0.15) is 22.2 Å². The Labute approximate surface area is 47.7 Å². The first-order valence-electron chi connectivity index (χ1n) is 1.34. The second kappa shape index (κ2) is 3.42. The number of halogens is 2. The topological polar surface area (TPSA) is 0 Å². The molecule has 1 radical (unpaired) electrons. The molecule has 31 valence electrons. The Morgan fingerprint density at radius 1 is 1.60 bits per heavy atom. The first kappa shape index (κ1) is 6.23. The second-order valence-corrected chi connectivity index (χ2v) is 18.4. The van der Waals surface area contributed by atoms with E-state index in [-0.39, 0.29) is 8.55 Å². The third-order valence-electron chi connectivity index (χ3n) is 0.218. The standard InChI is InChI=1S/Cl2H5Si3/c1-5(2)4-3/h5H,3-4H2. The van der Waals surface area contributed by atoms with E-state index in [2.05, 4.69) is 0 Å². The van der Waals surface area contributed by atoms with Gasteiger partial charge < -0.3 is 0 Å². The Morgan fingerprint density at radius 3 is 1.80 bits per heavy atom. The molecule has 0 heterocycles. The van der Waals surface area contributed by atoms with Crippen molar-refractivity contribution in [3.05, 3.63) is 0 Å². The van der Waals surface area contributed by atoms with Gasteiger partial charge in [0, 0.05) is 8.55 Å². The van der Waals surface area contributed by atoms with Gasteiger partial charge >= 0.3 is 0 Å². The molecule has 0 aliphatic heterocycles. The highest BCUT2D eigenvalue weighted by Gasteiger charge is 1.92. The lowest BCUT2D eigenvalue weighted by molar-refractivity contribution is 3.93. The van der Waals surface area contributed by atoms with Gasteiger partial charge in [-0.05, 0) is 9.76 Å². The van der Waals surface area contributed by atoms with Crippen LogP contribution < -0.4 is 0 Å². The van der Waals surface area contributed by atoms with E-state index in [1.54, 1.807) is 0 Å². The van der Waals surface area contributed by atoms with Crippen LogP contribution in [-0.2, 0) is 0 Å². The van der Waals surface area contributed by atoms with Gasteiger partial charge in [-0.15, -0.1) is 0 Å². The summed E-state index contributed by atoms with van der Waals surface area (Å²) < 4.78 is 0. The van der Waals surface area contributed by atoms with E-state index in [1.165, 1.54) is 0 Å². The number of hydrogen-bond donors (Lipinski definition) is 0. The van der Waals surface area contributed by atoms with E-state index in [1.807, 2.05) is 9.76 Å². The molecule has 0 N–H and O–H groups in total. The molecule has 0 unspecified atom stereocenters. The average Bonchev–Trinajstić information content (AvgIpc) is 1.38. The molecule has 0 aromatic rings. The van der Waals surface area contributed by atoms with Crippen molar-refractivity contribution in [3.8, 4) is 0 Å². The molecule has 0 spiro atoms. The molecule has 0 aromatic heterocycles. The summed E-state index contributed by atoms with van der Waals surface area (Å²) in [5, 5.41) is 0. The summed E-state index contributed by atoms with van der Waals surface area (Å²) in [7, 11) is 2.02. The molecule has 0 saturated carbocycles. The van der Waals surface area contributed by atoms with Crippen LogP contribution in [0.1, 0.15) is 0 Å². The predicted molar refractivity (Wildman–Crippen MR) is 35.9 cm³/mol. The van der Waals surface area contributed by atoms with Crippen LogP contribution >= 0.6 is 22.2 Å². The molecule has 5 heavy (non-hydrogen) atoms. The molecular weight excluding hydrogens is 155 g/mol. The van der Waals surface area contributed by atoms with Crippen LogP contribution in [0.15, 0.2) is 0 Å². The minimum absolute atomic E-state index is 0.0463. The van der Waals surface area contributed by atoms with Crippen molar-refractivity contribution in [2.75, 3.05) is 0 Å². The number of rotatable bonds is 1. The zero-order valence-electron chi connectivity index (χ0n) is 2.75. The third-order valence-corrected chi connectivity index (χ3v) is 17.7. The largest absolute Gasteiger partial charge is 0.214 e. The molecule has 0 saturated heterocycles. The molecule has 0 atom stereocenters. The predicted octanol–water partition coefficient (Wildman–Crippen LogP) is -1.10. The van der Waals surface area contributed by atoms with Crippen LogP contribution in [0.5, 0.6) is 0 Å². The third kappa shape index (κ3) is 5.23. The lowest BCUT2D eigenvalue weighted by atomic mass is 26.6. The molecule has 0 nitrogen and oxygen atoms in total. The van der Waals surface area contributed by atoms with Gasteiger partial charge in [-0.1, -0.05) is 0 Å². The van der Waals surface area contributed by atoms with Crippen molar-refractivity contribution in [2.24, 2.45) is 0 Å². The zero-order chi connectivity index (χ0) is 4.28. The van der Waals surface area contributed by atoms with Crippen molar-refractivity contribution in [1.29, 1.82) is 0 Å². The van der Waals surface area contributed by atoms with Crippen molar-refractivity contribution in [2.45, 2.75) is 0 Å². The van der Waals surface area contributed by atoms with Gasteiger partial charge in [-0.25, -0.2) is 0 Å². The summed E-state index contributed by atoms with van der Waals surface area (Å²) in [6.45, 7) is -1.05. The molecule has 0 aliphatic rings. The lowest BCUT2D eigenvalue weighted by Gasteiger charge is -1.79. The van der Waals surface area contributed by atoms with Gasteiger partial charge in [-0.3, -0.25) is 0 Å². The Bertz CT molecular complexity index is 18.9. The monoisotopic (exact) mass is 159 g/mol. The Morgan fingerprint density at radius 2 is 1.80 bits per heavy atom. The quantitative estimate of drug-likeness (QED) is 0.337. The first-order valence-corrected chi connectivity index (χ1v) is 12.1. The fourth-order valence-corrected chi connectivity index (χ4v) is 0. The summed E-state index contributed by atoms with van der Waals surface area (Å²) in [4.78, 5) is 0. The van der Waals surface area contributed by atoms with Gasteiger partial charge in [0.05, 0.1) is 0 Å². The fourth-order valence-electron chi connectivity index (χ4n) is 0. The molecule has 0 fully saturated rings. The molecule has 5 heteroatoms. The van der Waals surface area contributed by atoms with Crippen LogP contribution in [0, 0.1) is 0 Å². The van der Waals surface area contributed by atoms with Crippen molar-refractivity contribution >= 4 is 47.4 Å². The van der Waals surface area contributed by atoms with Crippen LogP contribution in [-0.4, -0.2) is 25.2 Å². The Kier molecular flexibility index (Phi) is 4.26. The van der Waals surface area contributed by atoms with Gasteiger partial charge in [0.2, 0.25) is 6.93 Å². The van der Waals surface area contributed by atoms with Crippen molar-refractivity contribution < 1.29 is 0 Å². The molecule has 0 bridgehead atoms. The minimum Gasteiger partial charge on any atom is -0.155 e. The maximum Gasteiger partial charge on any atom is 0.214 e. The van der Waals surface area contributed by atoms with E-state index in [0.717, 1.165) is 0 Å². The maximum atomic E-state index is 5.44. The summed E-state index contributed by atoms with van der Waals surface area (Å²) in [6.07, 6.45) is 0. The van der Waals surface area contributed by atoms with Crippen molar-refractivity contribution in [3.63, 3.8) is 0 Å². The van der Waals surface area contributed by atoms with Crippen LogP contribution in [0.3, 0.4) is 0 Å². The molecule has 0 rings (SSSR count). The van der Waals surface area contributed by atoms with Gasteiger partial charge in [0.15, 0.2) is 0 Å². The summed E-state index contributed by atoms with van der Waals surface area (Å²) in [5.74, 6) is 0. The van der Waals surface area contributed by atoms with Gasteiger partial charge in [0.1, 0.15) is 0 Å². The second-order valence-electron chi connectivity index (χ2n) is 0.680. The molecule has 0 amide bonds. The smallest absolute Gasteiger partial charge is 0.155 e. The average molecular weight is 160 g/mol. The molecule has 0 aliphatic carbocycles. The zero-order valence-corrected chi connectivity index (χ0v) is 8.24. The summed E-state index contributed by atoms with van der Waals surface area (Å²) in [6, 6.07) is 0. The molecular formula is H5Cl2Si3. The highest BCUT2D eigenvalue weighted by Crippen LogP contribution is 1.87. The van der Waals surface area contributed by atoms with E-state index in [0.29, 0.717) is 0 Å². The van der Waals surface area contributed by atoms with Crippen LogP contribution in [0.2, 0.25) is 0 Å². The van der Waals surface area contributed by atoms with E-state index in [4.69, 9.17) is 22.2 Å². The first-order chi connectivity index (χ1) is 2.27. The molecule has 0 aromatic carbocycles. The summed E-state index contributed by atoms with van der Waals surface area (Å²) in [5.41, 5.74) is 0. The highest BCUT2D eigenvalue weighted by molar-refractivity contribution is 7.63. The highest BCUT2D eigenvalue weighted by atomic mass is 35.7. The van der Waals surface area contributed by atoms with E-state index in [9.17, 15) is 0 Å². The van der Waals surface area contributed by atoms with E-state index >= 15 is 0 Å². The van der Waals surface area contributed by atoms with E-state index < -0.39 is 6.93 Å². The number of hydrogen-bond acceptors (Lipinski definition) is 0. The lowest BCUT2D eigenvalue weighted by Crippen LogP contribution is -2.05. The van der Waals surface area contributed by atoms with Crippen LogP contribution in [0.4, 0.5) is 0 Å².